The molecule has 0 saturated carbocycles. The molecule has 0 unspecified atom stereocenters. The van der Waals surface area contributed by atoms with Crippen LogP contribution in [0.5, 0.6) is 5.75 Å². The summed E-state index contributed by atoms with van der Waals surface area (Å²) in [5, 5.41) is 0. The zero-order chi connectivity index (χ0) is 15.2. The van der Waals surface area contributed by atoms with E-state index in [0.29, 0.717) is 17.4 Å². The van der Waals surface area contributed by atoms with E-state index >= 15 is 0 Å². The van der Waals surface area contributed by atoms with Gasteiger partial charge in [-0.15, -0.1) is 0 Å². The van der Waals surface area contributed by atoms with Gasteiger partial charge in [0.05, 0.1) is 6.61 Å². The minimum Gasteiger partial charge on any atom is -0.461 e. The average molecular weight is 284 g/mol. The first-order valence-electron chi connectivity index (χ1n) is 5.88. The molecule has 0 atom stereocenters. The van der Waals surface area contributed by atoms with E-state index in [2.05, 4.69) is 4.74 Å². The molecule has 108 valence electrons. The Hall–Kier alpha value is -2.24. The van der Waals surface area contributed by atoms with Crippen LogP contribution in [0.25, 0.3) is 6.08 Å². The number of rotatable bonds is 5. The molecule has 0 aliphatic rings. The number of carbonyl (C=O) groups excluding carboxylic acids is 2. The van der Waals surface area contributed by atoms with Crippen molar-refractivity contribution in [3.63, 3.8) is 0 Å². The summed E-state index contributed by atoms with van der Waals surface area (Å²) in [5.74, 6) is -5.42. The molecular formula is C14H14F2O4. The molecule has 0 aliphatic carbocycles. The highest BCUT2D eigenvalue weighted by Gasteiger charge is 2.37. The van der Waals surface area contributed by atoms with Crippen LogP contribution >= 0.6 is 0 Å². The van der Waals surface area contributed by atoms with Crippen LogP contribution in [0, 0.1) is 0 Å². The summed E-state index contributed by atoms with van der Waals surface area (Å²) in [6, 6.07) is 5.89. The zero-order valence-electron chi connectivity index (χ0n) is 11.1. The summed E-state index contributed by atoms with van der Waals surface area (Å²) in [6.45, 7) is 2.60. The van der Waals surface area contributed by atoms with Crippen molar-refractivity contribution in [1.82, 2.24) is 0 Å². The quantitative estimate of drug-likeness (QED) is 0.616. The molecule has 0 fully saturated rings. The second-order valence-electron chi connectivity index (χ2n) is 3.84. The van der Waals surface area contributed by atoms with Crippen LogP contribution in [-0.4, -0.2) is 24.5 Å². The lowest BCUT2D eigenvalue weighted by molar-refractivity contribution is -0.164. The van der Waals surface area contributed by atoms with Crippen molar-refractivity contribution in [1.29, 1.82) is 0 Å². The van der Waals surface area contributed by atoms with Gasteiger partial charge in [0, 0.05) is 6.92 Å². The van der Waals surface area contributed by atoms with E-state index in [0.717, 1.165) is 6.08 Å². The third-order valence-corrected chi connectivity index (χ3v) is 2.17. The molecule has 0 spiro atoms. The normalized spacial score (nSPS) is 11.4. The van der Waals surface area contributed by atoms with Gasteiger partial charge in [-0.3, -0.25) is 4.79 Å². The number of esters is 2. The summed E-state index contributed by atoms with van der Waals surface area (Å²) in [5.41, 5.74) is 0.435. The van der Waals surface area contributed by atoms with Gasteiger partial charge < -0.3 is 9.47 Å². The third-order valence-electron chi connectivity index (χ3n) is 2.17. The van der Waals surface area contributed by atoms with Crippen LogP contribution in [0.1, 0.15) is 19.4 Å². The molecule has 20 heavy (non-hydrogen) atoms. The minimum absolute atomic E-state index is 0.112. The second kappa shape index (κ2) is 6.79. The van der Waals surface area contributed by atoms with Crippen molar-refractivity contribution in [2.45, 2.75) is 19.8 Å². The lowest BCUT2D eigenvalue weighted by Gasteiger charge is -2.09. The van der Waals surface area contributed by atoms with E-state index < -0.39 is 17.9 Å². The molecular weight excluding hydrogens is 270 g/mol. The first-order chi connectivity index (χ1) is 9.35. The third kappa shape index (κ3) is 4.79. The predicted octanol–water partition coefficient (Wildman–Crippen LogP) is 2.82. The molecule has 4 nitrogen and oxygen atoms in total. The number of halogens is 2. The van der Waals surface area contributed by atoms with Crippen molar-refractivity contribution >= 4 is 18.0 Å². The Morgan fingerprint density at radius 2 is 1.85 bits per heavy atom. The Balaban J connectivity index is 2.75. The summed E-state index contributed by atoms with van der Waals surface area (Å²) in [6.07, 6.45) is 1.56. The van der Waals surface area contributed by atoms with Gasteiger partial charge in [-0.25, -0.2) is 4.79 Å². The van der Waals surface area contributed by atoms with E-state index in [1.807, 2.05) is 0 Å². The second-order valence-corrected chi connectivity index (χ2v) is 3.84. The SMILES string of the molecule is CCOC(=O)C(F)(F)/C=C/c1ccc(OC(C)=O)cc1. The zero-order valence-corrected chi connectivity index (χ0v) is 11.1. The Bertz CT molecular complexity index is 506. The van der Waals surface area contributed by atoms with Crippen LogP contribution in [-0.2, 0) is 14.3 Å². The highest BCUT2D eigenvalue weighted by atomic mass is 19.3. The highest BCUT2D eigenvalue weighted by molar-refractivity contribution is 5.81. The van der Waals surface area contributed by atoms with Gasteiger partial charge in [-0.1, -0.05) is 18.2 Å². The van der Waals surface area contributed by atoms with Crippen molar-refractivity contribution in [2.24, 2.45) is 0 Å². The fourth-order valence-electron chi connectivity index (χ4n) is 1.31. The topological polar surface area (TPSA) is 52.6 Å². The average Bonchev–Trinajstić information content (AvgIpc) is 2.37. The van der Waals surface area contributed by atoms with Crippen molar-refractivity contribution in [3.8, 4) is 5.75 Å². The van der Waals surface area contributed by atoms with Crippen LogP contribution in [0.4, 0.5) is 8.78 Å². The van der Waals surface area contributed by atoms with E-state index in [1.165, 1.54) is 38.1 Å². The molecule has 0 aromatic heterocycles. The molecule has 0 radical (unpaired) electrons. The maximum absolute atomic E-state index is 13.3. The van der Waals surface area contributed by atoms with Gasteiger partial charge in [0.2, 0.25) is 0 Å². The number of ether oxygens (including phenoxy) is 2. The Kier molecular flexibility index (Phi) is 5.37. The smallest absolute Gasteiger partial charge is 0.381 e. The van der Waals surface area contributed by atoms with Gasteiger partial charge in [-0.05, 0) is 30.7 Å². The summed E-state index contributed by atoms with van der Waals surface area (Å²) in [4.78, 5) is 21.7. The van der Waals surface area contributed by atoms with Crippen molar-refractivity contribution in [2.75, 3.05) is 6.61 Å². The first-order valence-corrected chi connectivity index (χ1v) is 5.88. The molecule has 1 aromatic carbocycles. The first kappa shape index (κ1) is 15.8. The maximum atomic E-state index is 13.3. The Morgan fingerprint density at radius 3 is 2.35 bits per heavy atom. The Labute approximate surface area is 115 Å². The minimum atomic E-state index is -3.68. The number of alkyl halides is 2. The van der Waals surface area contributed by atoms with Gasteiger partial charge in [0.25, 0.3) is 0 Å². The highest BCUT2D eigenvalue weighted by Crippen LogP contribution is 2.20. The summed E-state index contributed by atoms with van der Waals surface area (Å²) in [7, 11) is 0. The van der Waals surface area contributed by atoms with Gasteiger partial charge >= 0.3 is 17.9 Å². The van der Waals surface area contributed by atoms with E-state index in [9.17, 15) is 18.4 Å². The largest absolute Gasteiger partial charge is 0.461 e. The van der Waals surface area contributed by atoms with Gasteiger partial charge in [-0.2, -0.15) is 8.78 Å². The monoisotopic (exact) mass is 284 g/mol. The summed E-state index contributed by atoms with van der Waals surface area (Å²) >= 11 is 0. The van der Waals surface area contributed by atoms with Crippen LogP contribution in [0.2, 0.25) is 0 Å². The molecule has 0 aliphatic heterocycles. The lowest BCUT2D eigenvalue weighted by Crippen LogP contribution is -2.28. The van der Waals surface area contributed by atoms with E-state index in [1.54, 1.807) is 0 Å². The molecule has 0 saturated heterocycles. The maximum Gasteiger partial charge on any atom is 0.381 e. The standard InChI is InChI=1S/C14H14F2O4/c1-3-19-13(18)14(15,16)9-8-11-4-6-12(7-5-11)20-10(2)17/h4-9H,3H2,1-2H3/b9-8+. The van der Waals surface area contributed by atoms with Crippen LogP contribution in [0.15, 0.2) is 30.3 Å². The van der Waals surface area contributed by atoms with Crippen LogP contribution in [0.3, 0.4) is 0 Å². The number of hydrogen-bond acceptors (Lipinski definition) is 4. The molecule has 0 N–H and O–H groups in total. The summed E-state index contributed by atoms with van der Waals surface area (Å²) < 4.78 is 35.7. The molecule has 1 rings (SSSR count). The van der Waals surface area contributed by atoms with Crippen LogP contribution < -0.4 is 4.74 Å². The molecule has 0 bridgehead atoms. The van der Waals surface area contributed by atoms with Gasteiger partial charge in [0.15, 0.2) is 0 Å². The van der Waals surface area contributed by atoms with Crippen molar-refractivity contribution < 1.29 is 27.8 Å². The van der Waals surface area contributed by atoms with E-state index in [-0.39, 0.29) is 6.61 Å². The number of benzene rings is 1. The van der Waals surface area contributed by atoms with E-state index in [4.69, 9.17) is 4.74 Å². The molecule has 0 heterocycles. The predicted molar refractivity (Wildman–Crippen MR) is 68.4 cm³/mol. The fourth-order valence-corrected chi connectivity index (χ4v) is 1.31. The molecule has 6 heteroatoms. The Morgan fingerprint density at radius 1 is 1.25 bits per heavy atom. The lowest BCUT2D eigenvalue weighted by atomic mass is 10.2. The fraction of sp³-hybridized carbons (Fsp3) is 0.286. The van der Waals surface area contributed by atoms with Crippen molar-refractivity contribution in [3.05, 3.63) is 35.9 Å². The number of carbonyl (C=O) groups is 2. The molecule has 1 aromatic rings. The van der Waals surface area contributed by atoms with Gasteiger partial charge in [0.1, 0.15) is 5.75 Å². The molecule has 0 amide bonds. The number of hydrogen-bond donors (Lipinski definition) is 0.